The summed E-state index contributed by atoms with van der Waals surface area (Å²) in [5.74, 6) is 0.966. The first kappa shape index (κ1) is 15.2. The van der Waals surface area contributed by atoms with E-state index in [9.17, 15) is 9.59 Å². The van der Waals surface area contributed by atoms with Gasteiger partial charge >= 0.3 is 5.97 Å². The van der Waals surface area contributed by atoms with Gasteiger partial charge in [0.1, 0.15) is 6.04 Å². The molecule has 1 saturated heterocycles. The molecule has 2 rings (SSSR count). The number of esters is 1. The van der Waals surface area contributed by atoms with Gasteiger partial charge in [-0.2, -0.15) is 11.8 Å². The second-order valence-electron chi connectivity index (χ2n) is 4.46. The van der Waals surface area contributed by atoms with Crippen molar-refractivity contribution in [1.29, 1.82) is 0 Å². The highest BCUT2D eigenvalue weighted by atomic mass is 32.2. The number of anilines is 1. The van der Waals surface area contributed by atoms with E-state index in [1.54, 1.807) is 29.7 Å². The van der Waals surface area contributed by atoms with Gasteiger partial charge in [0.05, 0.1) is 11.5 Å². The van der Waals surface area contributed by atoms with Gasteiger partial charge in [-0.3, -0.25) is 4.79 Å². The van der Waals surface area contributed by atoms with E-state index in [0.717, 1.165) is 10.6 Å². The zero-order valence-electron chi connectivity index (χ0n) is 11.5. The van der Waals surface area contributed by atoms with Crippen molar-refractivity contribution in [2.24, 2.45) is 0 Å². The monoisotopic (exact) mass is 314 g/mol. The van der Waals surface area contributed by atoms with Crippen LogP contribution in [0, 0.1) is 6.92 Å². The first-order valence-electron chi connectivity index (χ1n) is 6.45. The summed E-state index contributed by atoms with van der Waals surface area (Å²) in [4.78, 5) is 27.6. The molecule has 0 saturated carbocycles. The van der Waals surface area contributed by atoms with Gasteiger partial charge in [-0.15, -0.1) is 11.3 Å². The summed E-state index contributed by atoms with van der Waals surface area (Å²) in [5, 5.41) is 0. The number of thioether (sulfide) groups is 1. The zero-order valence-corrected chi connectivity index (χ0v) is 13.2. The highest BCUT2D eigenvalue weighted by Crippen LogP contribution is 2.27. The number of amides is 1. The summed E-state index contributed by atoms with van der Waals surface area (Å²) in [6, 6.07) is 1.19. The fourth-order valence-electron chi connectivity index (χ4n) is 2.02. The Bertz CT molecular complexity index is 496. The van der Waals surface area contributed by atoms with Crippen molar-refractivity contribution in [3.8, 4) is 0 Å². The summed E-state index contributed by atoms with van der Waals surface area (Å²) in [7, 11) is 0. The minimum absolute atomic E-state index is 0.131. The van der Waals surface area contributed by atoms with Crippen LogP contribution in [0.4, 0.5) is 5.69 Å². The predicted octanol–water partition coefficient (Wildman–Crippen LogP) is 1.76. The van der Waals surface area contributed by atoms with Crippen LogP contribution in [0.3, 0.4) is 0 Å². The molecule has 1 atom stereocenters. The summed E-state index contributed by atoms with van der Waals surface area (Å²) in [6.45, 7) is 4.53. The van der Waals surface area contributed by atoms with Crippen molar-refractivity contribution in [2.75, 3.05) is 30.4 Å². The van der Waals surface area contributed by atoms with Crippen molar-refractivity contribution >= 4 is 40.7 Å². The highest BCUT2D eigenvalue weighted by molar-refractivity contribution is 7.99. The van der Waals surface area contributed by atoms with Gasteiger partial charge in [-0.25, -0.2) is 4.79 Å². The van der Waals surface area contributed by atoms with Crippen molar-refractivity contribution in [2.45, 2.75) is 19.9 Å². The number of nitrogen functional groups attached to an aromatic ring is 1. The SMILES string of the molecule is CCOC(=O)C1CSCCN1C(=O)c1cc(N)c(C)s1. The fraction of sp³-hybridized carbons (Fsp3) is 0.538. The Balaban J connectivity index is 2.19. The third kappa shape index (κ3) is 3.09. The molecule has 1 aromatic heterocycles. The predicted molar refractivity (Wildman–Crippen MR) is 82.3 cm³/mol. The molecule has 0 bridgehead atoms. The first-order valence-corrected chi connectivity index (χ1v) is 8.43. The Morgan fingerprint density at radius 2 is 2.30 bits per heavy atom. The van der Waals surface area contributed by atoms with Gasteiger partial charge in [-0.05, 0) is 19.9 Å². The van der Waals surface area contributed by atoms with Crippen molar-refractivity contribution in [3.63, 3.8) is 0 Å². The van der Waals surface area contributed by atoms with Crippen LogP contribution >= 0.6 is 23.1 Å². The van der Waals surface area contributed by atoms with E-state index in [1.807, 2.05) is 6.92 Å². The molecule has 0 aromatic carbocycles. The van der Waals surface area contributed by atoms with E-state index in [0.29, 0.717) is 29.5 Å². The first-order chi connectivity index (χ1) is 9.54. The number of aryl methyl sites for hydroxylation is 1. The van der Waals surface area contributed by atoms with Crippen LogP contribution in [0.1, 0.15) is 21.5 Å². The molecule has 7 heteroatoms. The average Bonchev–Trinajstić information content (AvgIpc) is 2.78. The van der Waals surface area contributed by atoms with Crippen LogP contribution < -0.4 is 5.73 Å². The number of rotatable bonds is 3. The molecule has 1 aromatic rings. The quantitative estimate of drug-likeness (QED) is 0.861. The third-order valence-corrected chi connectivity index (χ3v) is 5.19. The Morgan fingerprint density at radius 3 is 2.90 bits per heavy atom. The maximum absolute atomic E-state index is 12.5. The summed E-state index contributed by atoms with van der Waals surface area (Å²) in [5.41, 5.74) is 6.42. The van der Waals surface area contributed by atoms with Crippen LogP contribution in [0.2, 0.25) is 0 Å². The maximum atomic E-state index is 12.5. The standard InChI is InChI=1S/C13H18N2O3S2/c1-3-18-13(17)10-7-19-5-4-15(10)12(16)11-6-9(14)8(2)20-11/h6,10H,3-5,7,14H2,1-2H3. The molecule has 2 N–H and O–H groups in total. The lowest BCUT2D eigenvalue weighted by Gasteiger charge is -2.33. The molecular formula is C13H18N2O3S2. The van der Waals surface area contributed by atoms with Gasteiger partial charge in [0.25, 0.3) is 5.91 Å². The third-order valence-electron chi connectivity index (χ3n) is 3.11. The number of nitrogens with zero attached hydrogens (tertiary/aromatic N) is 1. The number of nitrogens with two attached hydrogens (primary N) is 1. The Morgan fingerprint density at radius 1 is 1.55 bits per heavy atom. The lowest BCUT2D eigenvalue weighted by Crippen LogP contribution is -2.50. The van der Waals surface area contributed by atoms with Crippen LogP contribution in [-0.2, 0) is 9.53 Å². The van der Waals surface area contributed by atoms with Gasteiger partial charge in [-0.1, -0.05) is 0 Å². The Labute approximate surface area is 126 Å². The van der Waals surface area contributed by atoms with E-state index < -0.39 is 6.04 Å². The van der Waals surface area contributed by atoms with Gasteiger partial charge in [0.2, 0.25) is 0 Å². The number of carbonyl (C=O) groups excluding carboxylic acids is 2. The lowest BCUT2D eigenvalue weighted by molar-refractivity contribution is -0.147. The zero-order chi connectivity index (χ0) is 14.7. The molecule has 0 aliphatic carbocycles. The number of hydrogen-bond donors (Lipinski definition) is 1. The van der Waals surface area contributed by atoms with Gasteiger partial charge < -0.3 is 15.4 Å². The molecule has 2 heterocycles. The van der Waals surface area contributed by atoms with Crippen LogP contribution in [0.25, 0.3) is 0 Å². The molecule has 20 heavy (non-hydrogen) atoms. The van der Waals surface area contributed by atoms with E-state index in [2.05, 4.69) is 0 Å². The van der Waals surface area contributed by atoms with E-state index in [4.69, 9.17) is 10.5 Å². The van der Waals surface area contributed by atoms with Gasteiger partial charge in [0.15, 0.2) is 0 Å². The Hall–Kier alpha value is -1.21. The smallest absolute Gasteiger partial charge is 0.329 e. The maximum Gasteiger partial charge on any atom is 0.329 e. The molecular weight excluding hydrogens is 296 g/mol. The van der Waals surface area contributed by atoms with Gasteiger partial charge in [0, 0.05) is 28.6 Å². The van der Waals surface area contributed by atoms with Crippen molar-refractivity contribution in [3.05, 3.63) is 15.8 Å². The van der Waals surface area contributed by atoms with Crippen molar-refractivity contribution < 1.29 is 14.3 Å². The van der Waals surface area contributed by atoms with E-state index in [1.165, 1.54) is 11.3 Å². The van der Waals surface area contributed by atoms with Crippen molar-refractivity contribution in [1.82, 2.24) is 4.90 Å². The van der Waals surface area contributed by atoms with E-state index >= 15 is 0 Å². The molecule has 110 valence electrons. The minimum atomic E-state index is -0.496. The molecule has 0 radical (unpaired) electrons. The average molecular weight is 314 g/mol. The second kappa shape index (κ2) is 6.49. The molecule has 1 aliphatic heterocycles. The molecule has 1 fully saturated rings. The molecule has 5 nitrogen and oxygen atoms in total. The van der Waals surface area contributed by atoms with E-state index in [-0.39, 0.29) is 11.9 Å². The van der Waals surface area contributed by atoms with Crippen LogP contribution in [0.5, 0.6) is 0 Å². The second-order valence-corrected chi connectivity index (χ2v) is 6.87. The number of ether oxygens (including phenoxy) is 1. The van der Waals surface area contributed by atoms with Crippen LogP contribution in [-0.4, -0.2) is 47.5 Å². The Kier molecular flexibility index (Phi) is 4.93. The normalized spacial score (nSPS) is 18.9. The number of hydrogen-bond acceptors (Lipinski definition) is 6. The molecule has 1 unspecified atom stereocenters. The molecule has 0 spiro atoms. The summed E-state index contributed by atoms with van der Waals surface area (Å²) in [6.07, 6.45) is 0. The highest BCUT2D eigenvalue weighted by Gasteiger charge is 2.34. The summed E-state index contributed by atoms with van der Waals surface area (Å²) < 4.78 is 5.06. The van der Waals surface area contributed by atoms with Crippen LogP contribution in [0.15, 0.2) is 6.07 Å². The molecule has 1 aliphatic rings. The number of thiophene rings is 1. The summed E-state index contributed by atoms with van der Waals surface area (Å²) >= 11 is 3.03. The minimum Gasteiger partial charge on any atom is -0.464 e. The molecule has 1 amide bonds. The fourth-order valence-corrected chi connectivity index (χ4v) is 3.95. The lowest BCUT2D eigenvalue weighted by atomic mass is 10.2. The number of carbonyl (C=O) groups is 2. The largest absolute Gasteiger partial charge is 0.464 e. The topological polar surface area (TPSA) is 72.6 Å².